The Bertz CT molecular complexity index is 1210. The summed E-state index contributed by atoms with van der Waals surface area (Å²) in [5.41, 5.74) is 1.89. The van der Waals surface area contributed by atoms with Crippen LogP contribution in [0, 0.1) is 5.82 Å². The number of aromatic nitrogens is 2. The number of thiophene rings is 1. The van der Waals surface area contributed by atoms with E-state index in [4.69, 9.17) is 9.47 Å². The van der Waals surface area contributed by atoms with Gasteiger partial charge in [0.05, 0.1) is 18.6 Å². The zero-order valence-electron chi connectivity index (χ0n) is 17.3. The van der Waals surface area contributed by atoms with Gasteiger partial charge in [0, 0.05) is 35.7 Å². The van der Waals surface area contributed by atoms with Crippen LogP contribution in [0.2, 0.25) is 0 Å². The van der Waals surface area contributed by atoms with Crippen molar-refractivity contribution < 1.29 is 18.7 Å². The lowest BCUT2D eigenvalue weighted by Crippen LogP contribution is -2.24. The Kier molecular flexibility index (Phi) is 6.76. The topological polar surface area (TPSA) is 85.4 Å². The largest absolute Gasteiger partial charge is 0.493 e. The van der Waals surface area contributed by atoms with Gasteiger partial charge in [-0.1, -0.05) is 18.2 Å². The highest BCUT2D eigenvalue weighted by atomic mass is 32.1. The molecule has 0 aliphatic carbocycles. The molecular formula is C23H21FN4O3S. The minimum atomic E-state index is -0.299. The van der Waals surface area contributed by atoms with Crippen LogP contribution in [-0.4, -0.2) is 36.3 Å². The summed E-state index contributed by atoms with van der Waals surface area (Å²) in [6.45, 7) is 0.829. The molecule has 0 atom stereocenters. The van der Waals surface area contributed by atoms with Gasteiger partial charge in [0.25, 0.3) is 0 Å². The maximum Gasteiger partial charge on any atom is 0.318 e. The van der Waals surface area contributed by atoms with Crippen molar-refractivity contribution >= 4 is 33.3 Å². The van der Waals surface area contributed by atoms with E-state index in [9.17, 15) is 9.18 Å². The minimum Gasteiger partial charge on any atom is -0.493 e. The van der Waals surface area contributed by atoms with Crippen LogP contribution in [0.5, 0.6) is 11.6 Å². The molecule has 2 aromatic heterocycles. The number of rotatable bonds is 8. The van der Waals surface area contributed by atoms with Gasteiger partial charge < -0.3 is 20.1 Å². The molecule has 0 aliphatic rings. The fourth-order valence-corrected chi connectivity index (χ4v) is 3.98. The molecule has 0 bridgehead atoms. The van der Waals surface area contributed by atoms with Gasteiger partial charge in [-0.15, -0.1) is 11.3 Å². The highest BCUT2D eigenvalue weighted by molar-refractivity contribution is 7.17. The average Bonchev–Trinajstić information content (AvgIpc) is 3.25. The molecule has 2 heterocycles. The van der Waals surface area contributed by atoms with Crippen LogP contribution in [0.15, 0.2) is 60.2 Å². The Hall–Kier alpha value is -3.72. The van der Waals surface area contributed by atoms with Crippen molar-refractivity contribution in [3.05, 3.63) is 66.1 Å². The number of ether oxygens (including phenoxy) is 2. The number of nitrogens with zero attached hydrogens (tertiary/aromatic N) is 2. The van der Waals surface area contributed by atoms with Gasteiger partial charge in [-0.05, 0) is 30.3 Å². The van der Waals surface area contributed by atoms with Crippen molar-refractivity contribution in [1.29, 1.82) is 0 Å². The van der Waals surface area contributed by atoms with E-state index in [2.05, 4.69) is 20.6 Å². The first-order valence-corrected chi connectivity index (χ1v) is 10.8. The summed E-state index contributed by atoms with van der Waals surface area (Å²) >= 11 is 1.43. The zero-order valence-corrected chi connectivity index (χ0v) is 18.1. The number of nitrogens with one attached hydrogen (secondary N) is 2. The number of urea groups is 1. The van der Waals surface area contributed by atoms with E-state index in [0.717, 1.165) is 10.4 Å². The monoisotopic (exact) mass is 452 g/mol. The summed E-state index contributed by atoms with van der Waals surface area (Å²) in [4.78, 5) is 20.6. The van der Waals surface area contributed by atoms with Gasteiger partial charge in [-0.25, -0.2) is 19.2 Å². The van der Waals surface area contributed by atoms with Gasteiger partial charge in [-0.3, -0.25) is 0 Å². The normalized spacial score (nSPS) is 10.7. The van der Waals surface area contributed by atoms with Gasteiger partial charge in [0.15, 0.2) is 0 Å². The summed E-state index contributed by atoms with van der Waals surface area (Å²) in [5, 5.41) is 7.76. The lowest BCUT2D eigenvalue weighted by molar-refractivity contribution is 0.244. The molecular weight excluding hydrogens is 431 g/mol. The number of carbonyl (C=O) groups is 1. The lowest BCUT2D eigenvalue weighted by Gasteiger charge is -2.10. The van der Waals surface area contributed by atoms with Crippen LogP contribution in [-0.2, 0) is 0 Å². The molecule has 0 spiro atoms. The molecule has 32 heavy (non-hydrogen) atoms. The predicted molar refractivity (Wildman–Crippen MR) is 123 cm³/mol. The Balaban J connectivity index is 1.35. The zero-order chi connectivity index (χ0) is 22.3. The van der Waals surface area contributed by atoms with Crippen molar-refractivity contribution in [2.24, 2.45) is 0 Å². The maximum atomic E-state index is 14.3. The number of halogens is 1. The molecule has 0 fully saturated rings. The van der Waals surface area contributed by atoms with E-state index in [1.165, 1.54) is 23.7 Å². The molecule has 0 saturated carbocycles. The second-order valence-corrected chi connectivity index (χ2v) is 7.63. The maximum absolute atomic E-state index is 14.3. The highest BCUT2D eigenvalue weighted by Gasteiger charge is 2.16. The summed E-state index contributed by atoms with van der Waals surface area (Å²) in [6.07, 6.45) is 2.08. The second-order valence-electron chi connectivity index (χ2n) is 6.77. The molecule has 7 nitrogen and oxygen atoms in total. The number of anilines is 1. The van der Waals surface area contributed by atoms with E-state index in [1.807, 2.05) is 5.38 Å². The highest BCUT2D eigenvalue weighted by Crippen LogP contribution is 2.38. The van der Waals surface area contributed by atoms with Crippen molar-refractivity contribution in [1.82, 2.24) is 15.3 Å². The van der Waals surface area contributed by atoms with Gasteiger partial charge in [-0.2, -0.15) is 0 Å². The summed E-state index contributed by atoms with van der Waals surface area (Å²) in [6, 6.07) is 13.4. The number of carbonyl (C=O) groups excluding carboxylic acids is 1. The number of fused-ring (bicyclic) bond motifs is 1. The molecule has 2 aromatic carbocycles. The van der Waals surface area contributed by atoms with Crippen molar-refractivity contribution in [3.63, 3.8) is 0 Å². The van der Waals surface area contributed by atoms with Crippen LogP contribution in [0.1, 0.15) is 6.42 Å². The number of amides is 2. The third-order valence-electron chi connectivity index (χ3n) is 4.63. The summed E-state index contributed by atoms with van der Waals surface area (Å²) < 4.78 is 25.9. The number of hydrogen-bond donors (Lipinski definition) is 2. The number of benzene rings is 2. The van der Waals surface area contributed by atoms with Crippen LogP contribution in [0.25, 0.3) is 21.3 Å². The SMILES string of the molecule is CNC(=O)Nc1ccc(OCCCOc2ncnc3scc(-c4ccccc4F)c23)cc1. The standard InChI is InChI=1S/C23H21FN4O3S/c1-25-23(29)28-15-7-9-16(10-8-15)30-11-4-12-31-21-20-18(13-32-22(20)27-14-26-21)17-5-2-3-6-19(17)24/h2-3,5-10,13-14H,4,11-12H2,1H3,(H2,25,28,29). The quantitative estimate of drug-likeness (QED) is 0.364. The fraction of sp³-hybridized carbons (Fsp3) is 0.174. The van der Waals surface area contributed by atoms with Crippen LogP contribution in [0.4, 0.5) is 14.9 Å². The van der Waals surface area contributed by atoms with E-state index in [1.54, 1.807) is 49.5 Å². The molecule has 0 unspecified atom stereocenters. The first-order chi connectivity index (χ1) is 15.7. The van der Waals surface area contributed by atoms with Crippen LogP contribution in [0.3, 0.4) is 0 Å². The van der Waals surface area contributed by atoms with E-state index in [0.29, 0.717) is 47.9 Å². The van der Waals surface area contributed by atoms with Crippen molar-refractivity contribution in [2.75, 3.05) is 25.6 Å². The van der Waals surface area contributed by atoms with Crippen LogP contribution >= 0.6 is 11.3 Å². The minimum absolute atomic E-state index is 0.279. The molecule has 0 radical (unpaired) electrons. The third-order valence-corrected chi connectivity index (χ3v) is 5.52. The lowest BCUT2D eigenvalue weighted by atomic mass is 10.1. The second kappa shape index (κ2) is 10.1. The van der Waals surface area contributed by atoms with Gasteiger partial charge in [0.1, 0.15) is 22.7 Å². The van der Waals surface area contributed by atoms with Gasteiger partial charge >= 0.3 is 6.03 Å². The first kappa shape index (κ1) is 21.5. The molecule has 0 saturated heterocycles. The van der Waals surface area contributed by atoms with Crippen molar-refractivity contribution in [2.45, 2.75) is 6.42 Å². The average molecular weight is 453 g/mol. The van der Waals surface area contributed by atoms with E-state index in [-0.39, 0.29) is 11.8 Å². The molecule has 2 amide bonds. The predicted octanol–water partition coefficient (Wildman–Crippen LogP) is 5.10. The number of hydrogen-bond acceptors (Lipinski definition) is 6. The summed E-state index contributed by atoms with van der Waals surface area (Å²) in [7, 11) is 1.56. The Morgan fingerprint density at radius 1 is 1.03 bits per heavy atom. The smallest absolute Gasteiger partial charge is 0.318 e. The van der Waals surface area contributed by atoms with E-state index < -0.39 is 0 Å². The molecule has 4 aromatic rings. The molecule has 9 heteroatoms. The Morgan fingerprint density at radius 2 is 1.81 bits per heavy atom. The Morgan fingerprint density at radius 3 is 2.59 bits per heavy atom. The van der Waals surface area contributed by atoms with Crippen LogP contribution < -0.4 is 20.1 Å². The first-order valence-electron chi connectivity index (χ1n) is 9.97. The molecule has 2 N–H and O–H groups in total. The van der Waals surface area contributed by atoms with Crippen molar-refractivity contribution in [3.8, 4) is 22.8 Å². The molecule has 164 valence electrons. The summed E-state index contributed by atoms with van der Waals surface area (Å²) in [5.74, 6) is 0.822. The third kappa shape index (κ3) is 4.94. The van der Waals surface area contributed by atoms with E-state index >= 15 is 0 Å². The fourth-order valence-electron chi connectivity index (χ4n) is 3.08. The molecule has 4 rings (SSSR count). The Labute approximate surface area is 188 Å². The molecule has 0 aliphatic heterocycles. The van der Waals surface area contributed by atoms with Gasteiger partial charge in [0.2, 0.25) is 5.88 Å².